The lowest BCUT2D eigenvalue weighted by atomic mass is 9.94. The monoisotopic (exact) mass is 365 g/mol. The lowest BCUT2D eigenvalue weighted by Crippen LogP contribution is -2.32. The summed E-state index contributed by atoms with van der Waals surface area (Å²) in [5, 5.41) is 4.77. The first-order valence-electron chi connectivity index (χ1n) is 7.37. The normalized spacial score (nSPS) is 20.5. The van der Waals surface area contributed by atoms with E-state index < -0.39 is 0 Å². The quantitative estimate of drug-likeness (QED) is 0.591. The van der Waals surface area contributed by atoms with Crippen LogP contribution in [0.1, 0.15) is 43.6 Å². The van der Waals surface area contributed by atoms with Gasteiger partial charge in [-0.25, -0.2) is 0 Å². The second-order valence-electron chi connectivity index (χ2n) is 5.45. The van der Waals surface area contributed by atoms with Crippen molar-refractivity contribution in [3.8, 4) is 0 Å². The maximum absolute atomic E-state index is 11.1. The number of methoxy groups -OCH3 is 1. The molecule has 0 bridgehead atoms. The fourth-order valence-corrected chi connectivity index (χ4v) is 3.28. The summed E-state index contributed by atoms with van der Waals surface area (Å²) in [6, 6.07) is 6.35. The molecule has 0 aromatic heterocycles. The third-order valence-corrected chi connectivity index (χ3v) is 4.82. The highest BCUT2D eigenvalue weighted by molar-refractivity contribution is 6.42. The van der Waals surface area contributed by atoms with Crippen LogP contribution in [0.5, 0.6) is 0 Å². The highest BCUT2D eigenvalue weighted by Gasteiger charge is 2.28. The average molecular weight is 367 g/mol. The molecule has 0 spiro atoms. The molecule has 0 aliphatic heterocycles. The van der Waals surface area contributed by atoms with Crippen molar-refractivity contribution in [1.82, 2.24) is 5.32 Å². The minimum atomic E-state index is -0.149. The standard InChI is InChI=1S/C16H21Cl2NO2.ClH/c1-21-16(20)6-3-9-19-15-5-2-4-12(15)11-7-8-13(17)14(18)10-11;/h7-8,10,12,15,19H,2-6,9H2,1H3;1H. The van der Waals surface area contributed by atoms with Crippen molar-refractivity contribution in [3.05, 3.63) is 33.8 Å². The molecule has 2 rings (SSSR count). The number of hydrogen-bond donors (Lipinski definition) is 1. The molecule has 1 N–H and O–H groups in total. The lowest BCUT2D eigenvalue weighted by molar-refractivity contribution is -0.140. The lowest BCUT2D eigenvalue weighted by Gasteiger charge is -2.22. The summed E-state index contributed by atoms with van der Waals surface area (Å²) in [4.78, 5) is 11.1. The number of carbonyl (C=O) groups is 1. The Bertz CT molecular complexity index is 496. The van der Waals surface area contributed by atoms with Gasteiger partial charge in [0.25, 0.3) is 0 Å². The molecule has 2 atom stereocenters. The van der Waals surface area contributed by atoms with Crippen LogP contribution in [0, 0.1) is 0 Å². The minimum absolute atomic E-state index is 0. The van der Waals surface area contributed by atoms with Gasteiger partial charge in [0.1, 0.15) is 0 Å². The molecule has 1 aromatic rings. The highest BCUT2D eigenvalue weighted by Crippen LogP contribution is 2.37. The Kier molecular flexibility index (Phi) is 8.55. The fraction of sp³-hybridized carbons (Fsp3) is 0.562. The molecule has 1 fully saturated rings. The van der Waals surface area contributed by atoms with E-state index in [-0.39, 0.29) is 18.4 Å². The third-order valence-electron chi connectivity index (χ3n) is 4.08. The maximum Gasteiger partial charge on any atom is 0.305 e. The largest absolute Gasteiger partial charge is 0.469 e. The molecule has 0 saturated heterocycles. The van der Waals surface area contributed by atoms with Crippen LogP contribution in [-0.4, -0.2) is 25.7 Å². The molecule has 124 valence electrons. The Hall–Kier alpha value is -0.480. The van der Waals surface area contributed by atoms with E-state index in [1.165, 1.54) is 19.1 Å². The van der Waals surface area contributed by atoms with Gasteiger partial charge in [-0.05, 0) is 49.4 Å². The van der Waals surface area contributed by atoms with Gasteiger partial charge in [0.15, 0.2) is 0 Å². The highest BCUT2D eigenvalue weighted by atomic mass is 35.5. The zero-order valence-corrected chi connectivity index (χ0v) is 14.9. The Morgan fingerprint density at radius 2 is 2.09 bits per heavy atom. The van der Waals surface area contributed by atoms with Gasteiger partial charge in [-0.2, -0.15) is 0 Å². The summed E-state index contributed by atoms with van der Waals surface area (Å²) < 4.78 is 4.64. The maximum atomic E-state index is 11.1. The van der Waals surface area contributed by atoms with Crippen molar-refractivity contribution >= 4 is 41.6 Å². The molecule has 2 unspecified atom stereocenters. The molecular formula is C16H22Cl3NO2. The smallest absolute Gasteiger partial charge is 0.305 e. The molecule has 22 heavy (non-hydrogen) atoms. The van der Waals surface area contributed by atoms with Crippen molar-refractivity contribution in [2.75, 3.05) is 13.7 Å². The van der Waals surface area contributed by atoms with Crippen LogP contribution < -0.4 is 5.32 Å². The zero-order chi connectivity index (χ0) is 15.2. The molecule has 1 aliphatic carbocycles. The molecule has 3 nitrogen and oxygen atoms in total. The molecule has 0 amide bonds. The van der Waals surface area contributed by atoms with Crippen molar-refractivity contribution < 1.29 is 9.53 Å². The van der Waals surface area contributed by atoms with E-state index in [1.807, 2.05) is 12.1 Å². The van der Waals surface area contributed by atoms with E-state index in [4.69, 9.17) is 23.2 Å². The summed E-state index contributed by atoms with van der Waals surface area (Å²) in [6.07, 6.45) is 4.79. The number of esters is 1. The number of ether oxygens (including phenoxy) is 1. The van der Waals surface area contributed by atoms with Crippen LogP contribution in [0.2, 0.25) is 10.0 Å². The van der Waals surface area contributed by atoms with Gasteiger partial charge in [0.05, 0.1) is 17.2 Å². The molecular weight excluding hydrogens is 345 g/mol. The Labute approximate surface area is 148 Å². The average Bonchev–Trinajstić information content (AvgIpc) is 2.94. The molecule has 1 aromatic carbocycles. The number of halogens is 3. The van der Waals surface area contributed by atoms with Gasteiger partial charge in [-0.1, -0.05) is 35.7 Å². The van der Waals surface area contributed by atoms with Gasteiger partial charge in [-0.15, -0.1) is 12.4 Å². The summed E-state index contributed by atoms with van der Waals surface area (Å²) >= 11 is 12.1. The topological polar surface area (TPSA) is 38.3 Å². The van der Waals surface area contributed by atoms with Gasteiger partial charge < -0.3 is 10.1 Å². The Morgan fingerprint density at radius 1 is 1.32 bits per heavy atom. The predicted molar refractivity (Wildman–Crippen MR) is 93.3 cm³/mol. The number of carbonyl (C=O) groups excluding carboxylic acids is 1. The SMILES string of the molecule is COC(=O)CCCNC1CCCC1c1ccc(Cl)c(Cl)c1.Cl. The van der Waals surface area contributed by atoms with Crippen molar-refractivity contribution in [3.63, 3.8) is 0 Å². The van der Waals surface area contributed by atoms with Gasteiger partial charge in [0.2, 0.25) is 0 Å². The second kappa shape index (κ2) is 9.61. The van der Waals surface area contributed by atoms with Crippen LogP contribution in [0.4, 0.5) is 0 Å². The molecule has 1 aliphatic rings. The number of hydrogen-bond acceptors (Lipinski definition) is 3. The first kappa shape index (κ1) is 19.6. The van der Waals surface area contributed by atoms with Crippen LogP contribution in [-0.2, 0) is 9.53 Å². The molecule has 0 heterocycles. The Morgan fingerprint density at radius 3 is 2.77 bits per heavy atom. The minimum Gasteiger partial charge on any atom is -0.469 e. The predicted octanol–water partition coefficient (Wildman–Crippen LogP) is 4.59. The van der Waals surface area contributed by atoms with Crippen molar-refractivity contribution in [2.24, 2.45) is 0 Å². The van der Waals surface area contributed by atoms with E-state index >= 15 is 0 Å². The van der Waals surface area contributed by atoms with Crippen LogP contribution in [0.15, 0.2) is 18.2 Å². The number of benzene rings is 1. The molecule has 0 radical (unpaired) electrons. The van der Waals surface area contributed by atoms with Crippen molar-refractivity contribution in [1.29, 1.82) is 0 Å². The summed E-state index contributed by atoms with van der Waals surface area (Å²) in [7, 11) is 1.42. The first-order valence-corrected chi connectivity index (χ1v) is 8.12. The summed E-state index contributed by atoms with van der Waals surface area (Å²) in [5.74, 6) is 0.321. The number of rotatable bonds is 6. The van der Waals surface area contributed by atoms with Crippen LogP contribution in [0.3, 0.4) is 0 Å². The second-order valence-corrected chi connectivity index (χ2v) is 6.27. The van der Waals surface area contributed by atoms with E-state index in [1.54, 1.807) is 0 Å². The van der Waals surface area contributed by atoms with Gasteiger partial charge in [-0.3, -0.25) is 4.79 Å². The van der Waals surface area contributed by atoms with Crippen LogP contribution >= 0.6 is 35.6 Å². The Balaban J connectivity index is 0.00000242. The van der Waals surface area contributed by atoms with E-state index in [2.05, 4.69) is 16.1 Å². The van der Waals surface area contributed by atoms with Gasteiger partial charge >= 0.3 is 5.97 Å². The summed E-state index contributed by atoms with van der Waals surface area (Å²) in [6.45, 7) is 0.831. The third kappa shape index (κ3) is 5.31. The zero-order valence-electron chi connectivity index (χ0n) is 12.6. The van der Waals surface area contributed by atoms with E-state index in [9.17, 15) is 4.79 Å². The van der Waals surface area contributed by atoms with E-state index in [0.29, 0.717) is 28.4 Å². The van der Waals surface area contributed by atoms with Crippen molar-refractivity contribution in [2.45, 2.75) is 44.1 Å². The summed E-state index contributed by atoms with van der Waals surface area (Å²) in [5.41, 5.74) is 1.24. The number of nitrogens with one attached hydrogen (secondary N) is 1. The molecule has 6 heteroatoms. The van der Waals surface area contributed by atoms with Gasteiger partial charge in [0, 0.05) is 12.5 Å². The van der Waals surface area contributed by atoms with E-state index in [0.717, 1.165) is 25.8 Å². The van der Waals surface area contributed by atoms with Crippen LogP contribution in [0.25, 0.3) is 0 Å². The fourth-order valence-electron chi connectivity index (χ4n) is 2.97. The first-order chi connectivity index (χ1) is 10.1. The molecule has 1 saturated carbocycles.